The van der Waals surface area contributed by atoms with E-state index in [0.29, 0.717) is 9.52 Å². The molecule has 1 heteroatoms. The van der Waals surface area contributed by atoms with Crippen LogP contribution >= 0.6 is 0 Å². The van der Waals surface area contributed by atoms with Crippen molar-refractivity contribution in [3.05, 3.63) is 0 Å². The molecule has 0 spiro atoms. The summed E-state index contributed by atoms with van der Waals surface area (Å²) in [5.41, 5.74) is 0. The molecular formula is C8H20Si. The van der Waals surface area contributed by atoms with Crippen LogP contribution in [-0.4, -0.2) is 9.52 Å². The Hall–Kier alpha value is 0.217. The van der Waals surface area contributed by atoms with Crippen molar-refractivity contribution >= 4 is 9.52 Å². The first-order valence-corrected chi connectivity index (χ1v) is 6.13. The van der Waals surface area contributed by atoms with E-state index in [4.69, 9.17) is 0 Å². The van der Waals surface area contributed by atoms with Crippen molar-refractivity contribution in [2.24, 2.45) is 11.8 Å². The van der Waals surface area contributed by atoms with E-state index >= 15 is 0 Å². The highest BCUT2D eigenvalue weighted by atomic mass is 28.2. The first kappa shape index (κ1) is 9.22. The van der Waals surface area contributed by atoms with Crippen molar-refractivity contribution in [1.29, 1.82) is 0 Å². The molecule has 0 nitrogen and oxygen atoms in total. The summed E-state index contributed by atoms with van der Waals surface area (Å²) in [5.74, 6) is 1.91. The van der Waals surface area contributed by atoms with Gasteiger partial charge in [0, 0.05) is 9.52 Å². The molecule has 0 unspecified atom stereocenters. The summed E-state index contributed by atoms with van der Waals surface area (Å²) in [6.07, 6.45) is 0. The molecule has 0 N–H and O–H groups in total. The van der Waals surface area contributed by atoms with Gasteiger partial charge < -0.3 is 0 Å². The monoisotopic (exact) mass is 144 g/mol. The van der Waals surface area contributed by atoms with Gasteiger partial charge in [0.05, 0.1) is 0 Å². The Morgan fingerprint density at radius 3 is 1.44 bits per heavy atom. The van der Waals surface area contributed by atoms with E-state index in [1.807, 2.05) is 0 Å². The van der Waals surface area contributed by atoms with Crippen molar-refractivity contribution in [2.45, 2.75) is 39.8 Å². The quantitative estimate of drug-likeness (QED) is 0.531. The number of rotatable bonds is 4. The van der Waals surface area contributed by atoms with Crippen LogP contribution in [0.25, 0.3) is 0 Å². The molecule has 0 aliphatic carbocycles. The summed E-state index contributed by atoms with van der Waals surface area (Å²) < 4.78 is 0. The van der Waals surface area contributed by atoms with Crippen LogP contribution in [-0.2, 0) is 0 Å². The fourth-order valence-electron chi connectivity index (χ4n) is 0.934. The van der Waals surface area contributed by atoms with Crippen LogP contribution in [0, 0.1) is 11.8 Å². The Kier molecular flexibility index (Phi) is 5.16. The topological polar surface area (TPSA) is 0 Å². The zero-order valence-corrected chi connectivity index (χ0v) is 8.69. The van der Waals surface area contributed by atoms with E-state index in [2.05, 4.69) is 27.7 Å². The van der Waals surface area contributed by atoms with Crippen LogP contribution in [0.2, 0.25) is 12.1 Å². The Labute approximate surface area is 61.9 Å². The highest BCUT2D eigenvalue weighted by molar-refractivity contribution is 6.35. The predicted octanol–water partition coefficient (Wildman–Crippen LogP) is 2.30. The second kappa shape index (κ2) is 5.04. The minimum absolute atomic E-state index is 0.316. The molecular weight excluding hydrogens is 124 g/mol. The van der Waals surface area contributed by atoms with Crippen LogP contribution in [0.4, 0.5) is 0 Å². The van der Waals surface area contributed by atoms with Crippen molar-refractivity contribution in [3.8, 4) is 0 Å². The van der Waals surface area contributed by atoms with Crippen molar-refractivity contribution in [1.82, 2.24) is 0 Å². The summed E-state index contributed by atoms with van der Waals surface area (Å²) in [5, 5.41) is 0. The molecule has 0 amide bonds. The average molecular weight is 144 g/mol. The Morgan fingerprint density at radius 2 is 1.22 bits per heavy atom. The molecule has 0 aromatic rings. The summed E-state index contributed by atoms with van der Waals surface area (Å²) >= 11 is 0. The molecule has 0 aliphatic heterocycles. The molecule has 0 aromatic heterocycles. The van der Waals surface area contributed by atoms with Gasteiger partial charge >= 0.3 is 0 Å². The molecule has 0 atom stereocenters. The second-order valence-corrected chi connectivity index (χ2v) is 5.58. The van der Waals surface area contributed by atoms with Crippen molar-refractivity contribution in [2.75, 3.05) is 0 Å². The zero-order chi connectivity index (χ0) is 7.28. The summed E-state index contributed by atoms with van der Waals surface area (Å²) in [6, 6.07) is 3.08. The number of hydrogen-bond donors (Lipinski definition) is 0. The molecule has 0 bridgehead atoms. The third kappa shape index (κ3) is 8.22. The molecule has 0 aromatic carbocycles. The number of hydrogen-bond acceptors (Lipinski definition) is 0. The van der Waals surface area contributed by atoms with E-state index in [1.54, 1.807) is 0 Å². The van der Waals surface area contributed by atoms with Gasteiger partial charge in [-0.1, -0.05) is 51.6 Å². The SMILES string of the molecule is CC(C)C[SiH2]CC(C)C. The van der Waals surface area contributed by atoms with Gasteiger partial charge in [-0.25, -0.2) is 0 Å². The first-order valence-electron chi connectivity index (χ1n) is 4.13. The largest absolute Gasteiger partial charge is 0.0631 e. The molecule has 0 saturated heterocycles. The lowest BCUT2D eigenvalue weighted by atomic mass is 10.3. The Bertz CT molecular complexity index is 49.6. The molecule has 9 heavy (non-hydrogen) atoms. The second-order valence-electron chi connectivity index (χ2n) is 3.72. The first-order chi connectivity index (χ1) is 4.13. The molecule has 0 heterocycles. The summed E-state index contributed by atoms with van der Waals surface area (Å²) in [4.78, 5) is 0. The Balaban J connectivity index is 2.91. The van der Waals surface area contributed by atoms with E-state index < -0.39 is 0 Å². The highest BCUT2D eigenvalue weighted by Crippen LogP contribution is 2.05. The van der Waals surface area contributed by atoms with Gasteiger partial charge in [-0.2, -0.15) is 0 Å². The van der Waals surface area contributed by atoms with E-state index in [-0.39, 0.29) is 0 Å². The smallest absolute Gasteiger partial charge is 0.0202 e. The summed E-state index contributed by atoms with van der Waals surface area (Å²) in [6.45, 7) is 9.31. The van der Waals surface area contributed by atoms with Gasteiger partial charge in [-0.15, -0.1) is 0 Å². The van der Waals surface area contributed by atoms with Gasteiger partial charge in [0.2, 0.25) is 0 Å². The van der Waals surface area contributed by atoms with E-state index in [0.717, 1.165) is 11.8 Å². The molecule has 0 rings (SSSR count). The molecule has 0 aliphatic rings. The van der Waals surface area contributed by atoms with E-state index in [1.165, 1.54) is 12.1 Å². The van der Waals surface area contributed by atoms with Crippen LogP contribution in [0.1, 0.15) is 27.7 Å². The van der Waals surface area contributed by atoms with Gasteiger partial charge in [-0.05, 0) is 0 Å². The van der Waals surface area contributed by atoms with Gasteiger partial charge in [0.1, 0.15) is 0 Å². The molecule has 0 radical (unpaired) electrons. The van der Waals surface area contributed by atoms with E-state index in [9.17, 15) is 0 Å². The van der Waals surface area contributed by atoms with Crippen LogP contribution in [0.5, 0.6) is 0 Å². The Morgan fingerprint density at radius 1 is 0.889 bits per heavy atom. The van der Waals surface area contributed by atoms with Gasteiger partial charge in [0.25, 0.3) is 0 Å². The third-order valence-electron chi connectivity index (χ3n) is 1.56. The van der Waals surface area contributed by atoms with Gasteiger partial charge in [-0.3, -0.25) is 0 Å². The van der Waals surface area contributed by atoms with Crippen LogP contribution in [0.15, 0.2) is 0 Å². The zero-order valence-electron chi connectivity index (χ0n) is 7.28. The maximum atomic E-state index is 2.33. The minimum Gasteiger partial charge on any atom is -0.0631 e. The van der Waals surface area contributed by atoms with Crippen molar-refractivity contribution < 1.29 is 0 Å². The predicted molar refractivity (Wildman–Crippen MR) is 47.8 cm³/mol. The molecule has 0 fully saturated rings. The molecule has 0 saturated carbocycles. The lowest BCUT2D eigenvalue weighted by molar-refractivity contribution is 0.700. The maximum Gasteiger partial charge on any atom is 0.0202 e. The van der Waals surface area contributed by atoms with Crippen LogP contribution in [0.3, 0.4) is 0 Å². The highest BCUT2D eigenvalue weighted by Gasteiger charge is 1.96. The van der Waals surface area contributed by atoms with Crippen molar-refractivity contribution in [3.63, 3.8) is 0 Å². The average Bonchev–Trinajstić information content (AvgIpc) is 1.63. The standard InChI is InChI=1S/C8H20Si/c1-7(2)5-9-6-8(3)4/h7-8H,5-6,9H2,1-4H3. The third-order valence-corrected chi connectivity index (χ3v) is 4.69. The maximum absolute atomic E-state index is 2.33. The normalized spacial score (nSPS) is 11.3. The van der Waals surface area contributed by atoms with Gasteiger partial charge in [0.15, 0.2) is 0 Å². The fraction of sp³-hybridized carbons (Fsp3) is 1.00. The fourth-order valence-corrected chi connectivity index (χ4v) is 2.80. The lowest BCUT2D eigenvalue weighted by Crippen LogP contribution is -1.99. The summed E-state index contributed by atoms with van der Waals surface area (Å²) in [7, 11) is 0.316. The minimum atomic E-state index is 0.316. The molecule has 56 valence electrons. The lowest BCUT2D eigenvalue weighted by Gasteiger charge is -2.04. The van der Waals surface area contributed by atoms with Crippen LogP contribution < -0.4 is 0 Å².